The zero-order valence-electron chi connectivity index (χ0n) is 11.2. The number of hydrazine groups is 1. The molecule has 0 atom stereocenters. The van der Waals surface area contributed by atoms with Crippen LogP contribution in [0.25, 0.3) is 0 Å². The molecule has 1 saturated heterocycles. The molecule has 20 heavy (non-hydrogen) atoms. The highest BCUT2D eigenvalue weighted by atomic mass is 16.6. The number of hydrogen-bond donors (Lipinski definition) is 2. The number of anilines is 1. The van der Waals surface area contributed by atoms with E-state index in [-0.39, 0.29) is 17.3 Å². The van der Waals surface area contributed by atoms with Crippen molar-refractivity contribution in [3.63, 3.8) is 0 Å². The third kappa shape index (κ3) is 3.24. The number of carbonyl (C=O) groups excluding carboxylic acids is 1. The molecule has 0 aliphatic carbocycles. The molecule has 108 valence electrons. The van der Waals surface area contributed by atoms with Gasteiger partial charge in [-0.2, -0.15) is 0 Å². The quantitative estimate of drug-likeness (QED) is 0.496. The van der Waals surface area contributed by atoms with Gasteiger partial charge in [-0.25, -0.2) is 0 Å². The minimum absolute atomic E-state index is 0.0766. The highest BCUT2D eigenvalue weighted by Gasteiger charge is 2.19. The van der Waals surface area contributed by atoms with E-state index < -0.39 is 4.92 Å². The summed E-state index contributed by atoms with van der Waals surface area (Å²) in [6.07, 6.45) is 3.52. The number of nitro groups is 1. The van der Waals surface area contributed by atoms with E-state index >= 15 is 0 Å². The third-order valence-electron chi connectivity index (χ3n) is 3.46. The molecule has 1 aliphatic heterocycles. The first-order valence-corrected chi connectivity index (χ1v) is 6.63. The molecule has 0 aromatic heterocycles. The Morgan fingerprint density at radius 2 is 2.15 bits per heavy atom. The van der Waals surface area contributed by atoms with Crippen molar-refractivity contribution in [1.29, 1.82) is 0 Å². The molecular formula is C13H18N4O3. The van der Waals surface area contributed by atoms with Gasteiger partial charge in [0.25, 0.3) is 5.69 Å². The summed E-state index contributed by atoms with van der Waals surface area (Å²) in [6.45, 7) is 1.12. The molecule has 2 rings (SSSR count). The smallest absolute Gasteiger partial charge is 0.293 e. The van der Waals surface area contributed by atoms with Gasteiger partial charge in [-0.05, 0) is 24.5 Å². The fraction of sp³-hybridized carbons (Fsp3) is 0.462. The lowest BCUT2D eigenvalue weighted by Crippen LogP contribution is -2.29. The van der Waals surface area contributed by atoms with Crippen LogP contribution < -0.4 is 11.3 Å². The molecule has 1 aromatic carbocycles. The average molecular weight is 278 g/mol. The average Bonchev–Trinajstić information content (AvgIpc) is 2.64. The topological polar surface area (TPSA) is 102 Å². The number of benzene rings is 1. The molecule has 7 heteroatoms. The molecule has 3 N–H and O–H groups in total. The monoisotopic (exact) mass is 278 g/mol. The van der Waals surface area contributed by atoms with Crippen molar-refractivity contribution in [3.05, 3.63) is 33.9 Å². The maximum atomic E-state index is 11.9. The van der Waals surface area contributed by atoms with E-state index in [1.165, 1.54) is 6.07 Å². The van der Waals surface area contributed by atoms with Crippen LogP contribution in [0.2, 0.25) is 0 Å². The van der Waals surface area contributed by atoms with Gasteiger partial charge in [0.2, 0.25) is 5.91 Å². The number of nitrogens with zero attached hydrogens (tertiary/aromatic N) is 2. The summed E-state index contributed by atoms with van der Waals surface area (Å²) in [5.41, 5.74) is 3.23. The lowest BCUT2D eigenvalue weighted by Gasteiger charge is -2.20. The molecule has 0 spiro atoms. The molecule has 1 aliphatic rings. The van der Waals surface area contributed by atoms with Crippen molar-refractivity contribution in [2.75, 3.05) is 12.0 Å². The SMILES string of the molecule is NNc1ccc(CN2CCCCCC2=O)cc1[N+](=O)[O-]. The standard InChI is InChI=1S/C13H18N4O3/c14-15-11-6-5-10(8-12(11)17(19)20)9-16-7-3-1-2-4-13(16)18/h5-6,8,15H,1-4,7,9,14H2. The third-order valence-corrected chi connectivity index (χ3v) is 3.46. The van der Waals surface area contributed by atoms with Crippen LogP contribution in [0, 0.1) is 10.1 Å². The summed E-state index contributed by atoms with van der Waals surface area (Å²) in [4.78, 5) is 24.2. The molecule has 1 amide bonds. The van der Waals surface area contributed by atoms with Crippen LogP contribution in [-0.2, 0) is 11.3 Å². The molecule has 1 heterocycles. The van der Waals surface area contributed by atoms with Crippen LogP contribution in [0.1, 0.15) is 31.2 Å². The summed E-state index contributed by atoms with van der Waals surface area (Å²) in [6, 6.07) is 4.78. The molecule has 7 nitrogen and oxygen atoms in total. The molecule has 0 radical (unpaired) electrons. The van der Waals surface area contributed by atoms with Crippen LogP contribution in [-0.4, -0.2) is 22.3 Å². The highest BCUT2D eigenvalue weighted by molar-refractivity contribution is 5.76. The van der Waals surface area contributed by atoms with E-state index in [0.717, 1.165) is 24.8 Å². The highest BCUT2D eigenvalue weighted by Crippen LogP contribution is 2.25. The fourth-order valence-corrected chi connectivity index (χ4v) is 2.37. The second-order valence-electron chi connectivity index (χ2n) is 4.88. The molecule has 1 fully saturated rings. The van der Waals surface area contributed by atoms with Gasteiger partial charge in [0, 0.05) is 25.6 Å². The first kappa shape index (κ1) is 14.3. The number of amides is 1. The number of likely N-dealkylation sites (tertiary alicyclic amines) is 1. The van der Waals surface area contributed by atoms with Crippen molar-refractivity contribution in [2.45, 2.75) is 32.2 Å². The van der Waals surface area contributed by atoms with Crippen molar-refractivity contribution in [1.82, 2.24) is 4.90 Å². The maximum absolute atomic E-state index is 11.9. The van der Waals surface area contributed by atoms with E-state index in [0.29, 0.717) is 19.5 Å². The lowest BCUT2D eigenvalue weighted by atomic mass is 10.1. The lowest BCUT2D eigenvalue weighted by molar-refractivity contribution is -0.384. The van der Waals surface area contributed by atoms with Gasteiger partial charge in [0.05, 0.1) is 4.92 Å². The zero-order chi connectivity index (χ0) is 14.5. The van der Waals surface area contributed by atoms with Gasteiger partial charge in [0.1, 0.15) is 5.69 Å². The molecule has 0 bridgehead atoms. The number of nitrogens with one attached hydrogen (secondary N) is 1. The zero-order valence-corrected chi connectivity index (χ0v) is 11.2. The summed E-state index contributed by atoms with van der Waals surface area (Å²) < 4.78 is 0. The molecular weight excluding hydrogens is 260 g/mol. The number of hydrogen-bond acceptors (Lipinski definition) is 5. The van der Waals surface area contributed by atoms with E-state index in [9.17, 15) is 14.9 Å². The van der Waals surface area contributed by atoms with E-state index in [1.807, 2.05) is 0 Å². The van der Waals surface area contributed by atoms with Crippen molar-refractivity contribution in [2.24, 2.45) is 5.84 Å². The van der Waals surface area contributed by atoms with Crippen LogP contribution in [0.4, 0.5) is 11.4 Å². The summed E-state index contributed by atoms with van der Waals surface area (Å²) in [5.74, 6) is 5.36. The Morgan fingerprint density at radius 1 is 1.35 bits per heavy atom. The Kier molecular flexibility index (Phi) is 4.52. The van der Waals surface area contributed by atoms with Crippen molar-refractivity contribution >= 4 is 17.3 Å². The van der Waals surface area contributed by atoms with Crippen molar-refractivity contribution < 1.29 is 9.72 Å². The largest absolute Gasteiger partial charge is 0.338 e. The predicted octanol–water partition coefficient (Wildman–Crippen LogP) is 1.78. The Hall–Kier alpha value is -2.15. The van der Waals surface area contributed by atoms with E-state index in [1.54, 1.807) is 17.0 Å². The van der Waals surface area contributed by atoms with E-state index in [4.69, 9.17) is 5.84 Å². The molecule has 1 aromatic rings. The Bertz CT molecular complexity index is 518. The van der Waals surface area contributed by atoms with Gasteiger partial charge in [-0.1, -0.05) is 12.5 Å². The van der Waals surface area contributed by atoms with Gasteiger partial charge in [-0.15, -0.1) is 0 Å². The Balaban J connectivity index is 2.18. The summed E-state index contributed by atoms with van der Waals surface area (Å²) in [5, 5.41) is 11.0. The van der Waals surface area contributed by atoms with Crippen LogP contribution >= 0.6 is 0 Å². The predicted molar refractivity (Wildman–Crippen MR) is 74.8 cm³/mol. The second kappa shape index (κ2) is 6.33. The number of carbonyl (C=O) groups is 1. The first-order valence-electron chi connectivity index (χ1n) is 6.63. The number of nitrogen functional groups attached to an aromatic ring is 1. The number of nitro benzene ring substituents is 1. The number of rotatable bonds is 4. The molecule has 0 unspecified atom stereocenters. The van der Waals surface area contributed by atoms with Gasteiger partial charge in [0.15, 0.2) is 0 Å². The van der Waals surface area contributed by atoms with Crippen LogP contribution in [0.5, 0.6) is 0 Å². The minimum Gasteiger partial charge on any atom is -0.338 e. The maximum Gasteiger partial charge on any atom is 0.293 e. The normalized spacial score (nSPS) is 15.8. The molecule has 0 saturated carbocycles. The van der Waals surface area contributed by atoms with E-state index in [2.05, 4.69) is 5.43 Å². The summed E-state index contributed by atoms with van der Waals surface area (Å²) in [7, 11) is 0. The minimum atomic E-state index is -0.483. The van der Waals surface area contributed by atoms with Gasteiger partial charge >= 0.3 is 0 Å². The first-order chi connectivity index (χ1) is 9.61. The Morgan fingerprint density at radius 3 is 2.85 bits per heavy atom. The van der Waals surface area contributed by atoms with Crippen molar-refractivity contribution in [3.8, 4) is 0 Å². The van der Waals surface area contributed by atoms with Crippen LogP contribution in [0.3, 0.4) is 0 Å². The number of nitrogens with two attached hydrogens (primary N) is 1. The Labute approximate surface area is 116 Å². The van der Waals surface area contributed by atoms with Crippen LogP contribution in [0.15, 0.2) is 18.2 Å². The summed E-state index contributed by atoms with van der Waals surface area (Å²) >= 11 is 0. The second-order valence-corrected chi connectivity index (χ2v) is 4.88. The van der Waals surface area contributed by atoms with Gasteiger partial charge < -0.3 is 10.3 Å². The van der Waals surface area contributed by atoms with Gasteiger partial charge in [-0.3, -0.25) is 20.8 Å². The fourth-order valence-electron chi connectivity index (χ4n) is 2.37.